The molecule has 0 radical (unpaired) electrons. The van der Waals surface area contributed by atoms with E-state index in [1.54, 1.807) is 6.07 Å². The van der Waals surface area contributed by atoms with Crippen LogP contribution in [0.15, 0.2) is 36.4 Å². The minimum Gasteiger partial charge on any atom is -0.451 e. The molecule has 1 aliphatic carbocycles. The molecule has 6 nitrogen and oxygen atoms in total. The second-order valence-corrected chi connectivity index (χ2v) is 6.46. The number of Topliss-reactive ketones (excluding diaryl/α,β-unsaturated/α-hetero) is 1. The number of esters is 1. The van der Waals surface area contributed by atoms with E-state index in [9.17, 15) is 19.7 Å². The van der Waals surface area contributed by atoms with E-state index in [0.29, 0.717) is 5.56 Å². The zero-order valence-electron chi connectivity index (χ0n) is 14.7. The van der Waals surface area contributed by atoms with Gasteiger partial charge < -0.3 is 4.74 Å². The molecule has 2 aromatic carbocycles. The van der Waals surface area contributed by atoms with Crippen molar-refractivity contribution in [3.8, 4) is 0 Å². The molecule has 0 saturated heterocycles. The van der Waals surface area contributed by atoms with Gasteiger partial charge in [-0.25, -0.2) is 4.79 Å². The molecule has 6 heteroatoms. The molecule has 0 unspecified atom stereocenters. The van der Waals surface area contributed by atoms with Crippen molar-refractivity contribution in [2.75, 3.05) is 0 Å². The molecule has 0 aliphatic heterocycles. The smallest absolute Gasteiger partial charge is 0.339 e. The van der Waals surface area contributed by atoms with Crippen LogP contribution in [0.1, 0.15) is 50.8 Å². The largest absolute Gasteiger partial charge is 0.451 e. The zero-order valence-corrected chi connectivity index (χ0v) is 14.7. The highest BCUT2D eigenvalue weighted by molar-refractivity contribution is 6.02. The van der Waals surface area contributed by atoms with Gasteiger partial charge in [-0.05, 0) is 56.4 Å². The van der Waals surface area contributed by atoms with Crippen molar-refractivity contribution in [2.45, 2.75) is 39.2 Å². The predicted molar refractivity (Wildman–Crippen MR) is 95.5 cm³/mol. The van der Waals surface area contributed by atoms with E-state index >= 15 is 0 Å². The average molecular weight is 353 g/mol. The van der Waals surface area contributed by atoms with Gasteiger partial charge in [0.1, 0.15) is 0 Å². The molecule has 0 fully saturated rings. The van der Waals surface area contributed by atoms with Crippen LogP contribution in [0.4, 0.5) is 5.69 Å². The molecule has 0 heterocycles. The quantitative estimate of drug-likeness (QED) is 0.353. The molecule has 0 aromatic heterocycles. The number of hydrogen-bond acceptors (Lipinski definition) is 5. The third-order valence-electron chi connectivity index (χ3n) is 4.76. The fourth-order valence-electron chi connectivity index (χ4n) is 3.28. The van der Waals surface area contributed by atoms with Crippen LogP contribution in [-0.2, 0) is 17.6 Å². The molecule has 134 valence electrons. The Hall–Kier alpha value is -3.02. The van der Waals surface area contributed by atoms with E-state index < -0.39 is 17.0 Å². The minimum absolute atomic E-state index is 0.0906. The maximum Gasteiger partial charge on any atom is 0.339 e. The first-order valence-corrected chi connectivity index (χ1v) is 8.49. The molecule has 1 atom stereocenters. The summed E-state index contributed by atoms with van der Waals surface area (Å²) in [6, 6.07) is 9.79. The second kappa shape index (κ2) is 7.07. The van der Waals surface area contributed by atoms with Gasteiger partial charge in [0, 0.05) is 17.2 Å². The molecule has 2 aromatic rings. The maximum absolute atomic E-state index is 12.6. The minimum atomic E-state index is -0.972. The van der Waals surface area contributed by atoms with Crippen molar-refractivity contribution in [1.29, 1.82) is 0 Å². The zero-order chi connectivity index (χ0) is 18.8. The van der Waals surface area contributed by atoms with Gasteiger partial charge in [0.15, 0.2) is 6.10 Å². The monoisotopic (exact) mass is 353 g/mol. The second-order valence-electron chi connectivity index (χ2n) is 6.46. The number of nitro benzene ring substituents is 1. The van der Waals surface area contributed by atoms with E-state index in [4.69, 9.17) is 4.74 Å². The average Bonchev–Trinajstić information content (AvgIpc) is 3.08. The van der Waals surface area contributed by atoms with Crippen molar-refractivity contribution in [3.05, 3.63) is 74.3 Å². The summed E-state index contributed by atoms with van der Waals surface area (Å²) in [5, 5.41) is 11.0. The molecule has 0 bridgehead atoms. The Balaban J connectivity index is 1.76. The molecular weight excluding hydrogens is 334 g/mol. The van der Waals surface area contributed by atoms with E-state index in [-0.39, 0.29) is 22.6 Å². The van der Waals surface area contributed by atoms with Crippen molar-refractivity contribution >= 4 is 17.4 Å². The number of benzene rings is 2. The van der Waals surface area contributed by atoms with Gasteiger partial charge in [-0.1, -0.05) is 18.2 Å². The molecule has 3 rings (SSSR count). The van der Waals surface area contributed by atoms with Crippen LogP contribution in [0.2, 0.25) is 0 Å². The van der Waals surface area contributed by atoms with Crippen LogP contribution >= 0.6 is 0 Å². The fraction of sp³-hybridized carbons (Fsp3) is 0.300. The number of ketones is 1. The molecule has 0 spiro atoms. The van der Waals surface area contributed by atoms with Crippen molar-refractivity contribution in [1.82, 2.24) is 0 Å². The topological polar surface area (TPSA) is 86.5 Å². The van der Waals surface area contributed by atoms with E-state index in [0.717, 1.165) is 19.3 Å². The Bertz CT molecular complexity index is 903. The first-order chi connectivity index (χ1) is 12.4. The SMILES string of the molecule is Cc1c(C(=O)O[C@@H](C)C(=O)c2ccc3c(c2)CCC3)cccc1[N+](=O)[O-]. The van der Waals surface area contributed by atoms with E-state index in [2.05, 4.69) is 0 Å². The number of fused-ring (bicyclic) bond motifs is 1. The van der Waals surface area contributed by atoms with Crippen LogP contribution < -0.4 is 0 Å². The molecule has 26 heavy (non-hydrogen) atoms. The molecule has 0 saturated carbocycles. The summed E-state index contributed by atoms with van der Waals surface area (Å²) >= 11 is 0. The number of rotatable bonds is 5. The predicted octanol–water partition coefficient (Wildman–Crippen LogP) is 3.82. The molecule has 0 amide bonds. The van der Waals surface area contributed by atoms with E-state index in [1.807, 2.05) is 12.1 Å². The number of nitro groups is 1. The van der Waals surface area contributed by atoms with Gasteiger partial charge in [-0.15, -0.1) is 0 Å². The highest BCUT2D eigenvalue weighted by Crippen LogP contribution is 2.25. The van der Waals surface area contributed by atoms with Crippen molar-refractivity contribution in [2.24, 2.45) is 0 Å². The third-order valence-corrected chi connectivity index (χ3v) is 4.76. The number of hydrogen-bond donors (Lipinski definition) is 0. The van der Waals surface area contributed by atoms with Gasteiger partial charge >= 0.3 is 5.97 Å². The van der Waals surface area contributed by atoms with Crippen LogP contribution in [0.25, 0.3) is 0 Å². The Kier molecular flexibility index (Phi) is 4.84. The lowest BCUT2D eigenvalue weighted by atomic mass is 10.0. The lowest BCUT2D eigenvalue weighted by molar-refractivity contribution is -0.385. The summed E-state index contributed by atoms with van der Waals surface area (Å²) in [5.74, 6) is -1.02. The van der Waals surface area contributed by atoms with Gasteiger partial charge in [0.05, 0.1) is 10.5 Å². The number of nitrogens with zero attached hydrogens (tertiary/aromatic N) is 1. The van der Waals surface area contributed by atoms with Gasteiger partial charge in [0.25, 0.3) is 5.69 Å². The van der Waals surface area contributed by atoms with Crippen molar-refractivity contribution < 1.29 is 19.2 Å². The number of aryl methyl sites for hydroxylation is 2. The highest BCUT2D eigenvalue weighted by Gasteiger charge is 2.25. The van der Waals surface area contributed by atoms with Gasteiger partial charge in [-0.2, -0.15) is 0 Å². The standard InChI is InChI=1S/C20H19NO5/c1-12-17(7-4-8-18(12)21(24)25)20(23)26-13(2)19(22)16-10-9-14-5-3-6-15(14)11-16/h4,7-11,13H,3,5-6H2,1-2H3/t13-/m0/s1. The summed E-state index contributed by atoms with van der Waals surface area (Å²) in [6.45, 7) is 3.00. The highest BCUT2D eigenvalue weighted by atomic mass is 16.6. The number of carbonyl (C=O) groups is 2. The van der Waals surface area contributed by atoms with Crippen molar-refractivity contribution in [3.63, 3.8) is 0 Å². The maximum atomic E-state index is 12.6. The van der Waals surface area contributed by atoms with Crippen LogP contribution in [0, 0.1) is 17.0 Å². The number of ether oxygens (including phenoxy) is 1. The summed E-state index contributed by atoms with van der Waals surface area (Å²) in [7, 11) is 0. The summed E-state index contributed by atoms with van der Waals surface area (Å²) in [4.78, 5) is 35.4. The Morgan fingerprint density at radius 2 is 1.88 bits per heavy atom. The lowest BCUT2D eigenvalue weighted by Gasteiger charge is -2.14. The molecule has 0 N–H and O–H groups in total. The third kappa shape index (κ3) is 3.35. The van der Waals surface area contributed by atoms with Gasteiger partial charge in [-0.3, -0.25) is 14.9 Å². The Labute approximate surface area is 150 Å². The fourth-order valence-corrected chi connectivity index (χ4v) is 3.28. The summed E-state index contributed by atoms with van der Waals surface area (Å²) in [5.41, 5.74) is 3.11. The van der Waals surface area contributed by atoms with Gasteiger partial charge in [0.2, 0.25) is 5.78 Å². The first kappa shape index (κ1) is 17.8. The number of carbonyl (C=O) groups excluding carboxylic acids is 2. The lowest BCUT2D eigenvalue weighted by Crippen LogP contribution is -2.25. The molecular formula is C20H19NO5. The first-order valence-electron chi connectivity index (χ1n) is 8.49. The normalized spacial score (nSPS) is 13.8. The Morgan fingerprint density at radius 3 is 2.62 bits per heavy atom. The summed E-state index contributed by atoms with van der Waals surface area (Å²) < 4.78 is 5.28. The van der Waals surface area contributed by atoms with Crippen LogP contribution in [0.3, 0.4) is 0 Å². The van der Waals surface area contributed by atoms with E-state index in [1.165, 1.54) is 43.2 Å². The van der Waals surface area contributed by atoms with Crippen LogP contribution in [-0.4, -0.2) is 22.8 Å². The van der Waals surface area contributed by atoms with Crippen LogP contribution in [0.5, 0.6) is 0 Å². The Morgan fingerprint density at radius 1 is 1.15 bits per heavy atom. The molecule has 1 aliphatic rings. The summed E-state index contributed by atoms with van der Waals surface area (Å²) in [6.07, 6.45) is 2.10.